The van der Waals surface area contributed by atoms with Crippen LogP contribution in [0.2, 0.25) is 0 Å². The number of pyridine rings is 1. The summed E-state index contributed by atoms with van der Waals surface area (Å²) in [5.41, 5.74) is 0.863. The zero-order valence-corrected chi connectivity index (χ0v) is 10.7. The van der Waals surface area contributed by atoms with Crippen LogP contribution in [0.4, 0.5) is 10.1 Å². The second kappa shape index (κ2) is 5.27. The van der Waals surface area contributed by atoms with Gasteiger partial charge in [0.25, 0.3) is 0 Å². The summed E-state index contributed by atoms with van der Waals surface area (Å²) in [6, 6.07) is 7.80. The third-order valence-corrected chi connectivity index (χ3v) is 3.75. The minimum atomic E-state index is -0.433. The zero-order valence-electron chi connectivity index (χ0n) is 9.93. The molecule has 1 atom stereocenters. The fourth-order valence-electron chi connectivity index (χ4n) is 1.72. The minimum Gasteiger partial charge on any atom is -0.371 e. The molecule has 0 aromatic carbocycles. The molecule has 2 aromatic heterocycles. The molecule has 2 aromatic rings. The van der Waals surface area contributed by atoms with Crippen molar-refractivity contribution in [2.24, 2.45) is 0 Å². The Bertz CT molecular complexity index is 470. The van der Waals surface area contributed by atoms with Gasteiger partial charge in [0, 0.05) is 42.3 Å². The van der Waals surface area contributed by atoms with Crippen molar-refractivity contribution in [1.29, 1.82) is 0 Å². The summed E-state index contributed by atoms with van der Waals surface area (Å²) < 4.78 is 13.0. The van der Waals surface area contributed by atoms with Crippen LogP contribution in [0.25, 0.3) is 0 Å². The van der Waals surface area contributed by atoms with Gasteiger partial charge in [-0.2, -0.15) is 4.39 Å². The van der Waals surface area contributed by atoms with Gasteiger partial charge in [0.05, 0.1) is 0 Å². The molecule has 0 saturated carbocycles. The monoisotopic (exact) mass is 250 g/mol. The molecule has 4 heteroatoms. The first-order valence-corrected chi connectivity index (χ1v) is 6.41. The Morgan fingerprint density at radius 2 is 2.29 bits per heavy atom. The molecule has 0 spiro atoms. The van der Waals surface area contributed by atoms with E-state index in [1.165, 1.54) is 17.1 Å². The van der Waals surface area contributed by atoms with Crippen LogP contribution in [0.1, 0.15) is 11.8 Å². The van der Waals surface area contributed by atoms with Crippen LogP contribution in [0.3, 0.4) is 0 Å². The van der Waals surface area contributed by atoms with Crippen LogP contribution in [0.15, 0.2) is 35.8 Å². The molecule has 17 heavy (non-hydrogen) atoms. The van der Waals surface area contributed by atoms with Crippen molar-refractivity contribution >= 4 is 17.0 Å². The van der Waals surface area contributed by atoms with E-state index in [4.69, 9.17) is 0 Å². The lowest BCUT2D eigenvalue weighted by molar-refractivity contribution is 0.581. The van der Waals surface area contributed by atoms with E-state index in [1.807, 2.05) is 13.1 Å². The topological polar surface area (TPSA) is 16.1 Å². The first kappa shape index (κ1) is 12.0. The molecule has 2 heterocycles. The third-order valence-electron chi connectivity index (χ3n) is 2.86. The van der Waals surface area contributed by atoms with Crippen molar-refractivity contribution in [1.82, 2.24) is 4.98 Å². The van der Waals surface area contributed by atoms with Crippen molar-refractivity contribution in [3.05, 3.63) is 46.7 Å². The number of anilines is 1. The number of hydrogen-bond donors (Lipinski definition) is 0. The van der Waals surface area contributed by atoms with Crippen LogP contribution in [0.5, 0.6) is 0 Å². The maximum atomic E-state index is 13.0. The normalized spacial score (nSPS) is 12.4. The summed E-state index contributed by atoms with van der Waals surface area (Å²) in [6.07, 6.45) is 2.47. The second-order valence-electron chi connectivity index (χ2n) is 4.08. The van der Waals surface area contributed by atoms with Crippen LogP contribution in [-0.4, -0.2) is 18.1 Å². The summed E-state index contributed by atoms with van der Waals surface area (Å²) in [7, 11) is 1.98. The third kappa shape index (κ3) is 3.03. The predicted molar refractivity (Wildman–Crippen MR) is 70.1 cm³/mol. The average Bonchev–Trinajstić information content (AvgIpc) is 2.80. The van der Waals surface area contributed by atoms with Gasteiger partial charge in [0.1, 0.15) is 0 Å². The molecule has 0 aliphatic rings. The molecule has 2 nitrogen and oxygen atoms in total. The molecule has 0 N–H and O–H groups in total. The SMILES string of the molecule is CC(Cc1cccs1)N(C)c1ccnc(F)c1. The van der Waals surface area contributed by atoms with Crippen molar-refractivity contribution < 1.29 is 4.39 Å². The molecule has 0 fully saturated rings. The van der Waals surface area contributed by atoms with E-state index in [0.29, 0.717) is 6.04 Å². The number of likely N-dealkylation sites (N-methyl/N-ethyl adjacent to an activating group) is 1. The Morgan fingerprint density at radius 1 is 1.47 bits per heavy atom. The fraction of sp³-hybridized carbons (Fsp3) is 0.308. The molecule has 0 aliphatic heterocycles. The lowest BCUT2D eigenvalue weighted by Crippen LogP contribution is -2.30. The highest BCUT2D eigenvalue weighted by atomic mass is 32.1. The summed E-state index contributed by atoms with van der Waals surface area (Å²) in [5.74, 6) is -0.433. The van der Waals surface area contributed by atoms with E-state index in [0.717, 1.165) is 12.1 Å². The highest BCUT2D eigenvalue weighted by molar-refractivity contribution is 7.09. The van der Waals surface area contributed by atoms with Gasteiger partial charge in [0.2, 0.25) is 5.95 Å². The summed E-state index contributed by atoms with van der Waals surface area (Å²) in [5, 5.41) is 2.08. The number of hydrogen-bond acceptors (Lipinski definition) is 3. The van der Waals surface area contributed by atoms with Crippen LogP contribution < -0.4 is 4.90 Å². The molecular formula is C13H15FN2S. The molecule has 1 unspecified atom stereocenters. The van der Waals surface area contributed by atoms with Gasteiger partial charge in [0.15, 0.2) is 0 Å². The van der Waals surface area contributed by atoms with Crippen molar-refractivity contribution in [3.8, 4) is 0 Å². The molecular weight excluding hydrogens is 235 g/mol. The van der Waals surface area contributed by atoms with Crippen LogP contribution in [-0.2, 0) is 6.42 Å². The van der Waals surface area contributed by atoms with Crippen LogP contribution in [0, 0.1) is 5.95 Å². The van der Waals surface area contributed by atoms with Crippen molar-refractivity contribution in [3.63, 3.8) is 0 Å². The maximum Gasteiger partial charge on any atom is 0.214 e. The van der Waals surface area contributed by atoms with E-state index >= 15 is 0 Å². The minimum absolute atomic E-state index is 0.329. The standard InChI is InChI=1S/C13H15FN2S/c1-10(8-12-4-3-7-17-12)16(2)11-5-6-15-13(14)9-11/h3-7,9-10H,8H2,1-2H3. The van der Waals surface area contributed by atoms with Crippen molar-refractivity contribution in [2.75, 3.05) is 11.9 Å². The Hall–Kier alpha value is -1.42. The molecule has 0 aliphatic carbocycles. The first-order chi connectivity index (χ1) is 8.16. The van der Waals surface area contributed by atoms with Gasteiger partial charge in [-0.15, -0.1) is 11.3 Å². The highest BCUT2D eigenvalue weighted by Crippen LogP contribution is 2.19. The first-order valence-electron chi connectivity index (χ1n) is 5.53. The lowest BCUT2D eigenvalue weighted by Gasteiger charge is -2.26. The molecule has 0 radical (unpaired) electrons. The fourth-order valence-corrected chi connectivity index (χ4v) is 2.55. The van der Waals surface area contributed by atoms with E-state index in [2.05, 4.69) is 34.3 Å². The number of rotatable bonds is 4. The smallest absolute Gasteiger partial charge is 0.214 e. The molecule has 0 saturated heterocycles. The largest absolute Gasteiger partial charge is 0.371 e. The summed E-state index contributed by atoms with van der Waals surface area (Å²) >= 11 is 1.75. The van der Waals surface area contributed by atoms with Gasteiger partial charge < -0.3 is 4.90 Å². The Balaban J connectivity index is 2.06. The van der Waals surface area contributed by atoms with E-state index in [1.54, 1.807) is 11.3 Å². The van der Waals surface area contributed by atoms with Gasteiger partial charge in [-0.3, -0.25) is 0 Å². The number of aromatic nitrogens is 1. The van der Waals surface area contributed by atoms with E-state index in [9.17, 15) is 4.39 Å². The second-order valence-corrected chi connectivity index (χ2v) is 5.11. The van der Waals surface area contributed by atoms with Crippen LogP contribution >= 0.6 is 11.3 Å². The molecule has 2 rings (SSSR count). The van der Waals surface area contributed by atoms with Crippen molar-refractivity contribution in [2.45, 2.75) is 19.4 Å². The molecule has 0 bridgehead atoms. The number of thiophene rings is 1. The zero-order chi connectivity index (χ0) is 12.3. The van der Waals surface area contributed by atoms with Gasteiger partial charge in [-0.05, 0) is 24.4 Å². The summed E-state index contributed by atoms with van der Waals surface area (Å²) in [6.45, 7) is 2.14. The lowest BCUT2D eigenvalue weighted by atomic mass is 10.1. The molecule has 90 valence electrons. The van der Waals surface area contributed by atoms with E-state index in [-0.39, 0.29) is 0 Å². The Kier molecular flexibility index (Phi) is 3.74. The Labute approximate surface area is 105 Å². The highest BCUT2D eigenvalue weighted by Gasteiger charge is 2.12. The van der Waals surface area contributed by atoms with Gasteiger partial charge in [-0.25, -0.2) is 4.98 Å². The average molecular weight is 250 g/mol. The predicted octanol–water partition coefficient (Wildman–Crippen LogP) is 3.35. The summed E-state index contributed by atoms with van der Waals surface area (Å²) in [4.78, 5) is 6.99. The van der Waals surface area contributed by atoms with E-state index < -0.39 is 5.95 Å². The molecule has 0 amide bonds. The Morgan fingerprint density at radius 3 is 2.94 bits per heavy atom. The maximum absolute atomic E-state index is 13.0. The van der Waals surface area contributed by atoms with Gasteiger partial charge >= 0.3 is 0 Å². The number of halogens is 1. The number of nitrogens with zero attached hydrogens (tertiary/aromatic N) is 2. The van der Waals surface area contributed by atoms with Gasteiger partial charge in [-0.1, -0.05) is 6.07 Å². The quantitative estimate of drug-likeness (QED) is 0.774.